The van der Waals surface area contributed by atoms with Gasteiger partial charge >= 0.3 is 0 Å². The molecule has 9 rings (SSSR count). The zero-order valence-electron chi connectivity index (χ0n) is 21.6. The van der Waals surface area contributed by atoms with Gasteiger partial charge in [-0.2, -0.15) is 0 Å². The Morgan fingerprint density at radius 3 is 1.93 bits per heavy atom. The summed E-state index contributed by atoms with van der Waals surface area (Å²) < 4.78 is 8.94. The predicted molar refractivity (Wildman–Crippen MR) is 169 cm³/mol. The van der Waals surface area contributed by atoms with Gasteiger partial charge in [-0.05, 0) is 69.1 Å². The van der Waals surface area contributed by atoms with Gasteiger partial charge in [0.1, 0.15) is 11.2 Å². The Bertz CT molecular complexity index is 2420. The van der Waals surface area contributed by atoms with Gasteiger partial charge in [-0.3, -0.25) is 0 Å². The van der Waals surface area contributed by atoms with Crippen LogP contribution < -0.4 is 0 Å². The average Bonchev–Trinajstić information content (AvgIpc) is 3.55. The van der Waals surface area contributed by atoms with E-state index in [9.17, 15) is 0 Å². The van der Waals surface area contributed by atoms with Crippen LogP contribution in [-0.4, -0.2) is 4.57 Å². The average molecular weight is 510 g/mol. The molecule has 0 bridgehead atoms. The van der Waals surface area contributed by atoms with Crippen LogP contribution in [0.25, 0.3) is 82.1 Å². The van der Waals surface area contributed by atoms with Gasteiger partial charge in [-0.25, -0.2) is 0 Å². The Balaban J connectivity index is 1.46. The molecule has 40 heavy (non-hydrogen) atoms. The van der Waals surface area contributed by atoms with Crippen molar-refractivity contribution in [3.05, 3.63) is 140 Å². The molecule has 0 atom stereocenters. The fraction of sp³-hybridized carbons (Fsp3) is 0. The molecule has 2 aromatic heterocycles. The van der Waals surface area contributed by atoms with Gasteiger partial charge in [0.05, 0.1) is 11.0 Å². The Kier molecular flexibility index (Phi) is 4.36. The molecule has 0 radical (unpaired) electrons. The lowest BCUT2D eigenvalue weighted by molar-refractivity contribution is 0.670. The normalized spacial score (nSPS) is 12.0. The smallest absolute Gasteiger partial charge is 0.136 e. The van der Waals surface area contributed by atoms with Crippen molar-refractivity contribution in [3.63, 3.8) is 0 Å². The molecule has 0 aliphatic rings. The summed E-state index contributed by atoms with van der Waals surface area (Å²) in [5.74, 6) is 0. The second-order valence-corrected chi connectivity index (χ2v) is 10.6. The highest BCUT2D eigenvalue weighted by molar-refractivity contribution is 6.26. The van der Waals surface area contributed by atoms with Crippen LogP contribution in [0.15, 0.2) is 144 Å². The molecular formula is C38H23NO. The van der Waals surface area contributed by atoms with Crippen LogP contribution in [0, 0.1) is 0 Å². The fourth-order valence-corrected chi connectivity index (χ4v) is 6.56. The van der Waals surface area contributed by atoms with Gasteiger partial charge in [0, 0.05) is 27.2 Å². The van der Waals surface area contributed by atoms with E-state index in [2.05, 4.69) is 144 Å². The monoisotopic (exact) mass is 509 g/mol. The molecule has 0 saturated heterocycles. The third-order valence-corrected chi connectivity index (χ3v) is 8.35. The Morgan fingerprint density at radius 2 is 1.10 bits per heavy atom. The number of hydrogen-bond donors (Lipinski definition) is 0. The summed E-state index contributed by atoms with van der Waals surface area (Å²) in [6, 6.07) is 50.1. The first-order valence-electron chi connectivity index (χ1n) is 13.7. The van der Waals surface area contributed by atoms with Crippen LogP contribution in [-0.2, 0) is 0 Å². The van der Waals surface area contributed by atoms with E-state index >= 15 is 0 Å². The van der Waals surface area contributed by atoms with Gasteiger partial charge in [0.25, 0.3) is 0 Å². The van der Waals surface area contributed by atoms with E-state index in [1.807, 2.05) is 0 Å². The molecule has 7 aromatic carbocycles. The summed E-state index contributed by atoms with van der Waals surface area (Å²) in [6.45, 7) is 0. The first-order valence-corrected chi connectivity index (χ1v) is 13.7. The molecule has 2 nitrogen and oxygen atoms in total. The second-order valence-electron chi connectivity index (χ2n) is 10.6. The van der Waals surface area contributed by atoms with Crippen molar-refractivity contribution in [2.75, 3.05) is 0 Å². The maximum absolute atomic E-state index is 6.51. The van der Waals surface area contributed by atoms with Gasteiger partial charge < -0.3 is 8.98 Å². The number of hydrogen-bond acceptors (Lipinski definition) is 1. The topological polar surface area (TPSA) is 18.1 Å². The summed E-state index contributed by atoms with van der Waals surface area (Å²) in [4.78, 5) is 0. The van der Waals surface area contributed by atoms with Crippen molar-refractivity contribution in [1.82, 2.24) is 4.57 Å². The highest BCUT2D eigenvalue weighted by Gasteiger charge is 2.19. The largest absolute Gasteiger partial charge is 0.456 e. The zero-order chi connectivity index (χ0) is 26.2. The van der Waals surface area contributed by atoms with Crippen LogP contribution in [0.2, 0.25) is 0 Å². The maximum Gasteiger partial charge on any atom is 0.136 e. The lowest BCUT2D eigenvalue weighted by Crippen LogP contribution is -1.94. The van der Waals surface area contributed by atoms with E-state index in [-0.39, 0.29) is 0 Å². The van der Waals surface area contributed by atoms with E-state index in [4.69, 9.17) is 4.42 Å². The third-order valence-electron chi connectivity index (χ3n) is 8.35. The molecule has 2 heterocycles. The quantitative estimate of drug-likeness (QED) is 0.227. The lowest BCUT2D eigenvalue weighted by atomic mass is 10.0. The molecule has 0 aliphatic carbocycles. The van der Waals surface area contributed by atoms with Gasteiger partial charge in [-0.1, -0.05) is 103 Å². The Morgan fingerprint density at radius 1 is 0.400 bits per heavy atom. The van der Waals surface area contributed by atoms with E-state index in [0.29, 0.717) is 0 Å². The number of benzene rings is 7. The first kappa shape index (κ1) is 21.6. The van der Waals surface area contributed by atoms with Crippen LogP contribution in [0.5, 0.6) is 0 Å². The molecule has 0 saturated carbocycles. The SMILES string of the molecule is c1ccc(-c2cccc(-n3c4cc5c(cc4c4c6ccccc6ccc43)oc3ccc4ccccc4c35)c2)cc1. The number of aromatic nitrogens is 1. The van der Waals surface area contributed by atoms with Crippen LogP contribution in [0.3, 0.4) is 0 Å². The molecule has 9 aromatic rings. The second kappa shape index (κ2) is 8.08. The van der Waals surface area contributed by atoms with E-state index < -0.39 is 0 Å². The molecular weight excluding hydrogens is 486 g/mol. The van der Waals surface area contributed by atoms with Gasteiger partial charge in [0.15, 0.2) is 0 Å². The fourth-order valence-electron chi connectivity index (χ4n) is 6.56. The van der Waals surface area contributed by atoms with Crippen LogP contribution in [0.4, 0.5) is 0 Å². The highest BCUT2D eigenvalue weighted by atomic mass is 16.3. The van der Waals surface area contributed by atoms with E-state index in [1.54, 1.807) is 0 Å². The molecule has 0 spiro atoms. The number of fused-ring (bicyclic) bond motifs is 10. The van der Waals surface area contributed by atoms with Crippen LogP contribution >= 0.6 is 0 Å². The molecule has 0 aliphatic heterocycles. The maximum atomic E-state index is 6.51. The number of furan rings is 1. The van der Waals surface area contributed by atoms with Crippen molar-refractivity contribution < 1.29 is 4.42 Å². The summed E-state index contributed by atoms with van der Waals surface area (Å²) in [7, 11) is 0. The molecule has 2 heteroatoms. The minimum absolute atomic E-state index is 0.920. The van der Waals surface area contributed by atoms with Crippen molar-refractivity contribution in [3.8, 4) is 16.8 Å². The van der Waals surface area contributed by atoms with E-state index in [0.717, 1.165) is 22.2 Å². The molecule has 186 valence electrons. The predicted octanol–water partition coefficient (Wildman–Crippen LogP) is 10.7. The van der Waals surface area contributed by atoms with Gasteiger partial charge in [0.2, 0.25) is 0 Å². The Labute approximate surface area is 230 Å². The number of nitrogens with zero attached hydrogens (tertiary/aromatic N) is 1. The Hall–Kier alpha value is -5.34. The highest BCUT2D eigenvalue weighted by Crippen LogP contribution is 2.42. The molecule has 0 amide bonds. The molecule has 0 fully saturated rings. The first-order chi connectivity index (χ1) is 19.8. The van der Waals surface area contributed by atoms with Gasteiger partial charge in [-0.15, -0.1) is 0 Å². The standard InChI is InChI=1S/C38H23NO/c1-2-9-24(10-3-1)27-13-8-14-28(21-27)39-33-19-17-25-11-4-6-15-29(25)37(33)31-23-36-32(22-34(31)39)38-30-16-7-5-12-26(30)18-20-35(38)40-36/h1-23H. The van der Waals surface area contributed by atoms with Crippen molar-refractivity contribution in [2.24, 2.45) is 0 Å². The minimum Gasteiger partial charge on any atom is -0.456 e. The lowest BCUT2D eigenvalue weighted by Gasteiger charge is -2.11. The molecule has 0 N–H and O–H groups in total. The van der Waals surface area contributed by atoms with Crippen molar-refractivity contribution in [1.29, 1.82) is 0 Å². The minimum atomic E-state index is 0.920. The third kappa shape index (κ3) is 2.99. The summed E-state index contributed by atoms with van der Waals surface area (Å²) in [5, 5.41) is 9.71. The van der Waals surface area contributed by atoms with Crippen molar-refractivity contribution >= 4 is 65.3 Å². The van der Waals surface area contributed by atoms with Crippen molar-refractivity contribution in [2.45, 2.75) is 0 Å². The van der Waals surface area contributed by atoms with Crippen LogP contribution in [0.1, 0.15) is 0 Å². The zero-order valence-corrected chi connectivity index (χ0v) is 21.6. The molecule has 0 unspecified atom stereocenters. The number of rotatable bonds is 2. The summed E-state index contributed by atoms with van der Waals surface area (Å²) in [6.07, 6.45) is 0. The summed E-state index contributed by atoms with van der Waals surface area (Å²) >= 11 is 0. The summed E-state index contributed by atoms with van der Waals surface area (Å²) in [5.41, 5.74) is 7.78. The van der Waals surface area contributed by atoms with E-state index in [1.165, 1.54) is 59.9 Å².